The van der Waals surface area contributed by atoms with E-state index >= 15 is 0 Å². The highest BCUT2D eigenvalue weighted by atomic mass is 19.1. The summed E-state index contributed by atoms with van der Waals surface area (Å²) in [5, 5.41) is 13.2. The molecule has 40 heavy (non-hydrogen) atoms. The first-order valence-corrected chi connectivity index (χ1v) is 13.0. The van der Waals surface area contributed by atoms with Crippen LogP contribution >= 0.6 is 0 Å². The summed E-state index contributed by atoms with van der Waals surface area (Å²) >= 11 is 0. The fourth-order valence-electron chi connectivity index (χ4n) is 4.28. The van der Waals surface area contributed by atoms with Gasteiger partial charge in [-0.2, -0.15) is 0 Å². The predicted octanol–water partition coefficient (Wildman–Crippen LogP) is 4.87. The van der Waals surface area contributed by atoms with Crippen molar-refractivity contribution in [2.75, 3.05) is 11.9 Å². The normalized spacial score (nSPS) is 12.6. The molecule has 0 aliphatic rings. The van der Waals surface area contributed by atoms with Gasteiger partial charge in [-0.15, -0.1) is 0 Å². The van der Waals surface area contributed by atoms with E-state index in [0.717, 1.165) is 47.9 Å². The molecule has 4 N–H and O–H groups in total. The molecule has 2 amide bonds. The highest BCUT2D eigenvalue weighted by Crippen LogP contribution is 2.17. The van der Waals surface area contributed by atoms with Crippen molar-refractivity contribution in [3.05, 3.63) is 101 Å². The largest absolute Gasteiger partial charge is 0.390 e. The lowest BCUT2D eigenvalue weighted by Crippen LogP contribution is -2.46. The number of rotatable bonds is 13. The Morgan fingerprint density at radius 1 is 0.900 bits per heavy atom. The first-order chi connectivity index (χ1) is 19.0. The second-order valence-electron chi connectivity index (χ2n) is 9.69. The number of carbonyl (C=O) groups excluding carboxylic acids is 2. The molecule has 0 radical (unpaired) electrons. The number of aliphatic hydroxyl groups excluding tert-OH is 1. The third-order valence-corrected chi connectivity index (χ3v) is 6.42. The smallest absolute Gasteiger partial charge is 0.224 e. The van der Waals surface area contributed by atoms with Crippen LogP contribution < -0.4 is 11.1 Å². The fourth-order valence-corrected chi connectivity index (χ4v) is 4.28. The molecule has 0 fully saturated rings. The Morgan fingerprint density at radius 2 is 1.60 bits per heavy atom. The van der Waals surface area contributed by atoms with Gasteiger partial charge < -0.3 is 21.1 Å². The van der Waals surface area contributed by atoms with Crippen LogP contribution in [0, 0.1) is 23.3 Å². The topological polar surface area (TPSA) is 95.7 Å². The van der Waals surface area contributed by atoms with Crippen molar-refractivity contribution in [1.29, 1.82) is 0 Å². The van der Waals surface area contributed by atoms with Crippen LogP contribution in [-0.2, 0) is 29.0 Å². The van der Waals surface area contributed by atoms with Crippen molar-refractivity contribution in [2.24, 2.45) is 5.73 Å². The Kier molecular flexibility index (Phi) is 11.2. The summed E-state index contributed by atoms with van der Waals surface area (Å²) in [6, 6.07) is 12.5. The van der Waals surface area contributed by atoms with Crippen LogP contribution in [0.3, 0.4) is 0 Å². The minimum Gasteiger partial charge on any atom is -0.390 e. The Labute approximate surface area is 230 Å². The zero-order valence-corrected chi connectivity index (χ0v) is 22.2. The second-order valence-corrected chi connectivity index (χ2v) is 9.69. The van der Waals surface area contributed by atoms with Crippen molar-refractivity contribution in [3.63, 3.8) is 0 Å². The summed E-state index contributed by atoms with van der Waals surface area (Å²) in [6.07, 6.45) is -0.399. The van der Waals surface area contributed by atoms with Crippen LogP contribution in [0.25, 0.3) is 0 Å². The summed E-state index contributed by atoms with van der Waals surface area (Å²) in [5.74, 6) is -4.06. The molecule has 0 saturated heterocycles. The summed E-state index contributed by atoms with van der Waals surface area (Å²) in [5.41, 5.74) is 8.16. The van der Waals surface area contributed by atoms with Gasteiger partial charge >= 0.3 is 0 Å². The Bertz CT molecular complexity index is 1300. The third kappa shape index (κ3) is 9.46. The van der Waals surface area contributed by atoms with E-state index in [1.54, 1.807) is 0 Å². The van der Waals surface area contributed by atoms with Crippen molar-refractivity contribution in [3.8, 4) is 0 Å². The van der Waals surface area contributed by atoms with Gasteiger partial charge in [0.1, 0.15) is 23.3 Å². The van der Waals surface area contributed by atoms with Crippen LogP contribution in [0.4, 0.5) is 23.2 Å². The van der Waals surface area contributed by atoms with Gasteiger partial charge in [-0.1, -0.05) is 31.2 Å². The number of hydrogen-bond donors (Lipinski definition) is 3. The van der Waals surface area contributed by atoms with E-state index in [9.17, 15) is 32.3 Å². The number of carbonyl (C=O) groups is 2. The predicted molar refractivity (Wildman–Crippen MR) is 144 cm³/mol. The van der Waals surface area contributed by atoms with E-state index in [1.165, 1.54) is 4.90 Å². The molecule has 0 saturated carbocycles. The fraction of sp³-hybridized carbons (Fsp3) is 0.333. The lowest BCUT2D eigenvalue weighted by Gasteiger charge is -2.28. The standard InChI is InChI=1S/C30H33F4N3O3/c1-2-19-5-3-6-20(11-19)17-37(18-28(38)26(35)14-21-12-23(32)15-24(33)13-21)30(40)8-4-7-29(39)36-27-10-9-22(31)16-25(27)34/h3,5-6,9-13,15-16,26,28,38H,2,4,7-8,14,17-18,35H2,1H3,(H,36,39)/t26-,28+/m0/s1. The Morgan fingerprint density at radius 3 is 2.27 bits per heavy atom. The number of anilines is 1. The summed E-state index contributed by atoms with van der Waals surface area (Å²) < 4.78 is 54.0. The van der Waals surface area contributed by atoms with E-state index < -0.39 is 41.3 Å². The average molecular weight is 560 g/mol. The second kappa shape index (κ2) is 14.6. The number of nitrogens with one attached hydrogen (secondary N) is 1. The molecule has 0 aliphatic heterocycles. The van der Waals surface area contributed by atoms with Crippen LogP contribution in [0.1, 0.15) is 42.9 Å². The molecule has 3 aromatic rings. The first kappa shape index (κ1) is 30.8. The molecule has 0 bridgehead atoms. The van der Waals surface area contributed by atoms with E-state index in [1.807, 2.05) is 31.2 Å². The van der Waals surface area contributed by atoms with Gasteiger partial charge in [0.15, 0.2) is 0 Å². The number of amides is 2. The quantitative estimate of drug-likeness (QED) is 0.260. The van der Waals surface area contributed by atoms with Crippen molar-refractivity contribution < 1.29 is 32.3 Å². The Balaban J connectivity index is 1.63. The van der Waals surface area contributed by atoms with Gasteiger partial charge in [-0.25, -0.2) is 17.6 Å². The number of halogens is 4. The molecule has 0 aromatic heterocycles. The maximum absolute atomic E-state index is 13.8. The number of hydrogen-bond acceptors (Lipinski definition) is 4. The highest BCUT2D eigenvalue weighted by Gasteiger charge is 2.23. The molecule has 2 atom stereocenters. The molecule has 214 valence electrons. The van der Waals surface area contributed by atoms with Crippen molar-refractivity contribution in [2.45, 2.75) is 57.7 Å². The minimum absolute atomic E-state index is 0.0106. The molecule has 6 nitrogen and oxygen atoms in total. The summed E-state index contributed by atoms with van der Waals surface area (Å²) in [6.45, 7) is 2.04. The van der Waals surface area contributed by atoms with Crippen LogP contribution in [0.2, 0.25) is 0 Å². The maximum Gasteiger partial charge on any atom is 0.224 e. The monoisotopic (exact) mass is 559 g/mol. The minimum atomic E-state index is -1.20. The molecule has 0 spiro atoms. The number of aryl methyl sites for hydroxylation is 1. The van der Waals surface area contributed by atoms with E-state index in [-0.39, 0.29) is 55.9 Å². The van der Waals surface area contributed by atoms with Crippen LogP contribution in [0.5, 0.6) is 0 Å². The molecular formula is C30H33F4N3O3. The van der Waals surface area contributed by atoms with Crippen LogP contribution in [0.15, 0.2) is 60.7 Å². The highest BCUT2D eigenvalue weighted by molar-refractivity contribution is 5.91. The zero-order valence-electron chi connectivity index (χ0n) is 22.2. The van der Waals surface area contributed by atoms with Crippen LogP contribution in [-0.4, -0.2) is 40.5 Å². The first-order valence-electron chi connectivity index (χ1n) is 13.0. The molecule has 3 aromatic carbocycles. The van der Waals surface area contributed by atoms with E-state index in [2.05, 4.69) is 5.32 Å². The molecule has 0 unspecified atom stereocenters. The molecular weight excluding hydrogens is 526 g/mol. The summed E-state index contributed by atoms with van der Waals surface area (Å²) in [7, 11) is 0. The van der Waals surface area contributed by atoms with Crippen molar-refractivity contribution >= 4 is 17.5 Å². The van der Waals surface area contributed by atoms with Crippen molar-refractivity contribution in [1.82, 2.24) is 4.90 Å². The summed E-state index contributed by atoms with van der Waals surface area (Å²) in [4.78, 5) is 26.9. The number of benzene rings is 3. The molecule has 3 rings (SSSR count). The van der Waals surface area contributed by atoms with Gasteiger partial charge in [-0.3, -0.25) is 9.59 Å². The van der Waals surface area contributed by atoms with E-state index in [0.29, 0.717) is 6.07 Å². The SMILES string of the molecule is CCc1cccc(CN(C[C@@H](O)[C@@H](N)Cc2cc(F)cc(F)c2)C(=O)CCCC(=O)Nc2ccc(F)cc2F)c1. The molecule has 0 heterocycles. The lowest BCUT2D eigenvalue weighted by molar-refractivity contribution is -0.133. The van der Waals surface area contributed by atoms with Gasteiger partial charge in [-0.05, 0) is 60.2 Å². The van der Waals surface area contributed by atoms with Gasteiger partial charge in [0, 0.05) is 44.1 Å². The maximum atomic E-state index is 13.8. The van der Waals surface area contributed by atoms with E-state index in [4.69, 9.17) is 5.73 Å². The molecule has 0 aliphatic carbocycles. The molecule has 10 heteroatoms. The Hall–Kier alpha value is -3.76. The van der Waals surface area contributed by atoms with Gasteiger partial charge in [0.05, 0.1) is 11.8 Å². The zero-order chi connectivity index (χ0) is 29.2. The average Bonchev–Trinajstić information content (AvgIpc) is 2.89. The number of nitrogens with two attached hydrogens (primary N) is 1. The van der Waals surface area contributed by atoms with Gasteiger partial charge in [0.25, 0.3) is 0 Å². The number of aliphatic hydroxyl groups is 1. The van der Waals surface area contributed by atoms with Gasteiger partial charge in [0.2, 0.25) is 11.8 Å². The lowest BCUT2D eigenvalue weighted by atomic mass is 10.0. The number of nitrogens with zero attached hydrogens (tertiary/aromatic N) is 1. The third-order valence-electron chi connectivity index (χ3n) is 6.42.